The number of aliphatic hydroxyl groups is 1. The molecule has 0 radical (unpaired) electrons. The number of anilines is 2. The van der Waals surface area contributed by atoms with Gasteiger partial charge in [-0.15, -0.1) is 13.2 Å². The fraction of sp³-hybridized carbons (Fsp3) is 0.545. The Hall–Kier alpha value is -4.00. The standard InChI is InChI=1S/C44H59BrN4O7/c1-9-13-19-35(51)46(8)29(7)38(30-17-15-14-16-18-30)55-43(54)36-37-41(52)49(33(27-50)25-28(5)6)40(44(37)26-34(45)39(36)56-44)42(53)48(24-10-2)32-22-20-31(21-23-32)47(11-3)12-4/h9-10,14-18,20-23,28-29,33-34,36-40,50H,1-2,11-13,19,24-27H2,3-8H3/t29-,33-,34?,36+,37-,38+,39+,40+,44-/m1/s1. The molecule has 56 heavy (non-hydrogen) atoms. The van der Waals surface area contributed by atoms with Crippen molar-refractivity contribution < 1.29 is 33.8 Å². The van der Waals surface area contributed by atoms with Crippen molar-refractivity contribution in [2.24, 2.45) is 17.8 Å². The second kappa shape index (κ2) is 18.5. The summed E-state index contributed by atoms with van der Waals surface area (Å²) in [7, 11) is 1.69. The third-order valence-electron chi connectivity index (χ3n) is 11.8. The molecular weight excluding hydrogens is 776 g/mol. The molecule has 1 unspecified atom stereocenters. The van der Waals surface area contributed by atoms with Crippen molar-refractivity contribution in [3.8, 4) is 0 Å². The van der Waals surface area contributed by atoms with Crippen LogP contribution in [-0.4, -0.2) is 107 Å². The number of carbonyl (C=O) groups is 4. The first-order valence-electron chi connectivity index (χ1n) is 19.9. The number of nitrogens with zero attached hydrogens (tertiary/aromatic N) is 4. The molecule has 0 aromatic heterocycles. The number of likely N-dealkylation sites (N-methyl/N-ethyl adjacent to an activating group) is 1. The summed E-state index contributed by atoms with van der Waals surface area (Å²) in [5.41, 5.74) is 0.970. The molecule has 0 aliphatic carbocycles. The van der Waals surface area contributed by atoms with Gasteiger partial charge in [-0.1, -0.05) is 72.3 Å². The molecule has 2 bridgehead atoms. The minimum Gasteiger partial charge on any atom is -0.455 e. The van der Waals surface area contributed by atoms with E-state index in [0.29, 0.717) is 30.5 Å². The average molecular weight is 836 g/mol. The molecule has 304 valence electrons. The lowest BCUT2D eigenvalue weighted by molar-refractivity contribution is -0.165. The number of fused-ring (bicyclic) bond motifs is 1. The van der Waals surface area contributed by atoms with Gasteiger partial charge in [0, 0.05) is 49.3 Å². The minimum atomic E-state index is -1.38. The second-order valence-corrected chi connectivity index (χ2v) is 16.8. The monoisotopic (exact) mass is 834 g/mol. The third-order valence-corrected chi connectivity index (χ3v) is 12.7. The van der Waals surface area contributed by atoms with Crippen LogP contribution in [0.2, 0.25) is 0 Å². The van der Waals surface area contributed by atoms with E-state index in [0.717, 1.165) is 18.8 Å². The van der Waals surface area contributed by atoms with E-state index in [-0.39, 0.29) is 42.1 Å². The van der Waals surface area contributed by atoms with Crippen molar-refractivity contribution in [1.82, 2.24) is 9.80 Å². The van der Waals surface area contributed by atoms with Crippen LogP contribution in [0.4, 0.5) is 11.4 Å². The van der Waals surface area contributed by atoms with Gasteiger partial charge in [0.2, 0.25) is 11.8 Å². The van der Waals surface area contributed by atoms with Crippen molar-refractivity contribution in [3.63, 3.8) is 0 Å². The van der Waals surface area contributed by atoms with Crippen molar-refractivity contribution in [3.05, 3.63) is 85.5 Å². The van der Waals surface area contributed by atoms with Crippen LogP contribution < -0.4 is 9.80 Å². The number of aliphatic hydroxyl groups excluding tert-OH is 1. The van der Waals surface area contributed by atoms with Crippen LogP contribution >= 0.6 is 15.9 Å². The Morgan fingerprint density at radius 1 is 1.04 bits per heavy atom. The maximum Gasteiger partial charge on any atom is 0.313 e. The predicted octanol–water partition coefficient (Wildman–Crippen LogP) is 6.30. The predicted molar refractivity (Wildman–Crippen MR) is 222 cm³/mol. The lowest BCUT2D eigenvalue weighted by Gasteiger charge is -2.40. The van der Waals surface area contributed by atoms with E-state index in [2.05, 4.69) is 47.8 Å². The topological polar surface area (TPSA) is 120 Å². The Bertz CT molecular complexity index is 1720. The lowest BCUT2D eigenvalue weighted by Crippen LogP contribution is -2.59. The Morgan fingerprint density at radius 3 is 2.25 bits per heavy atom. The zero-order valence-corrected chi connectivity index (χ0v) is 35.3. The van der Waals surface area contributed by atoms with E-state index in [1.165, 1.54) is 4.90 Å². The normalized spacial score (nSPS) is 25.3. The van der Waals surface area contributed by atoms with Gasteiger partial charge in [0.1, 0.15) is 17.7 Å². The van der Waals surface area contributed by atoms with Crippen LogP contribution in [0.1, 0.15) is 72.0 Å². The molecule has 9 atom stereocenters. The van der Waals surface area contributed by atoms with E-state index >= 15 is 9.59 Å². The summed E-state index contributed by atoms with van der Waals surface area (Å²) in [6.45, 7) is 19.1. The second-order valence-electron chi connectivity index (χ2n) is 15.6. The van der Waals surface area contributed by atoms with Gasteiger partial charge >= 0.3 is 5.97 Å². The molecule has 11 nitrogen and oxygen atoms in total. The fourth-order valence-corrected chi connectivity index (χ4v) is 9.93. The molecule has 3 aliphatic heterocycles. The Labute approximate surface area is 340 Å². The molecule has 2 aromatic rings. The SMILES string of the molecule is C=CCCC(=O)N(C)[C@H](C)[C@H](OC(=O)[C@@H]1[C@H]2O[C@@]3(CC2Br)[C@H](C(=O)N(CC=C)c2ccc(N(CC)CC)cc2)N([C@@H](CO)CC(C)C)C(=O)[C@@H]13)c1ccccc1. The summed E-state index contributed by atoms with van der Waals surface area (Å²) in [6.07, 6.45) is 3.23. The number of rotatable bonds is 19. The van der Waals surface area contributed by atoms with E-state index in [4.69, 9.17) is 9.47 Å². The van der Waals surface area contributed by atoms with Crippen LogP contribution in [0.15, 0.2) is 79.9 Å². The number of alkyl halides is 1. The first-order chi connectivity index (χ1) is 26.8. The number of hydrogen-bond acceptors (Lipinski definition) is 8. The molecule has 3 aliphatic rings. The van der Waals surface area contributed by atoms with Crippen LogP contribution in [0, 0.1) is 17.8 Å². The molecule has 3 heterocycles. The van der Waals surface area contributed by atoms with Gasteiger partial charge in [-0.2, -0.15) is 0 Å². The molecule has 5 rings (SSSR count). The number of halogens is 1. The molecule has 1 spiro atoms. The van der Waals surface area contributed by atoms with E-state index < -0.39 is 59.6 Å². The highest BCUT2D eigenvalue weighted by atomic mass is 79.9. The van der Waals surface area contributed by atoms with Crippen molar-refractivity contribution in [2.45, 2.75) is 101 Å². The molecule has 3 saturated heterocycles. The smallest absolute Gasteiger partial charge is 0.313 e. The first kappa shape index (κ1) is 43.1. The number of hydrogen-bond donors (Lipinski definition) is 1. The summed E-state index contributed by atoms with van der Waals surface area (Å²) in [5.74, 6) is -3.55. The van der Waals surface area contributed by atoms with Gasteiger partial charge in [0.25, 0.3) is 5.91 Å². The zero-order valence-electron chi connectivity index (χ0n) is 33.7. The van der Waals surface area contributed by atoms with Gasteiger partial charge in [0.05, 0.1) is 36.6 Å². The summed E-state index contributed by atoms with van der Waals surface area (Å²) in [5, 5.41) is 10.8. The molecule has 3 amide bonds. The number of benzene rings is 2. The van der Waals surface area contributed by atoms with Crippen LogP contribution in [0.5, 0.6) is 0 Å². The van der Waals surface area contributed by atoms with Crippen molar-refractivity contribution >= 4 is 51.0 Å². The quantitative estimate of drug-likeness (QED) is 0.0996. The molecule has 1 N–H and O–H groups in total. The van der Waals surface area contributed by atoms with E-state index in [1.54, 1.807) is 29.0 Å². The highest BCUT2D eigenvalue weighted by Crippen LogP contribution is 2.61. The number of ether oxygens (including phenoxy) is 2. The largest absolute Gasteiger partial charge is 0.455 e. The van der Waals surface area contributed by atoms with Gasteiger partial charge in [-0.25, -0.2) is 0 Å². The van der Waals surface area contributed by atoms with Crippen LogP contribution in [-0.2, 0) is 28.7 Å². The van der Waals surface area contributed by atoms with Crippen LogP contribution in [0.3, 0.4) is 0 Å². The zero-order chi connectivity index (χ0) is 40.9. The van der Waals surface area contributed by atoms with Gasteiger partial charge in [-0.3, -0.25) is 19.2 Å². The Balaban J connectivity index is 1.56. The summed E-state index contributed by atoms with van der Waals surface area (Å²) in [4.78, 5) is 64.7. The molecule has 0 saturated carbocycles. The molecule has 3 fully saturated rings. The third kappa shape index (κ3) is 8.20. The summed E-state index contributed by atoms with van der Waals surface area (Å²) >= 11 is 3.78. The van der Waals surface area contributed by atoms with Gasteiger partial charge in [-0.05, 0) is 75.8 Å². The number of carbonyl (C=O) groups excluding carboxylic acids is 4. The Morgan fingerprint density at radius 2 is 1.68 bits per heavy atom. The average Bonchev–Trinajstić information content (AvgIpc) is 3.80. The minimum absolute atomic E-state index is 0.0896. The molecule has 12 heteroatoms. The fourth-order valence-electron chi connectivity index (χ4n) is 8.98. The van der Waals surface area contributed by atoms with E-state index in [1.807, 2.05) is 75.4 Å². The number of allylic oxidation sites excluding steroid dienone is 1. The Kier molecular flexibility index (Phi) is 14.3. The van der Waals surface area contributed by atoms with Gasteiger partial charge < -0.3 is 34.2 Å². The number of esters is 1. The lowest BCUT2D eigenvalue weighted by atomic mass is 9.70. The van der Waals surface area contributed by atoms with Crippen molar-refractivity contribution in [2.75, 3.05) is 43.1 Å². The summed E-state index contributed by atoms with van der Waals surface area (Å²) in [6, 6.07) is 14.6. The number of likely N-dealkylation sites (tertiary alicyclic amines) is 1. The number of amides is 3. The maximum absolute atomic E-state index is 15.2. The van der Waals surface area contributed by atoms with E-state index in [9.17, 15) is 14.7 Å². The first-order valence-corrected chi connectivity index (χ1v) is 20.9. The van der Waals surface area contributed by atoms with Crippen LogP contribution in [0.25, 0.3) is 0 Å². The highest BCUT2D eigenvalue weighted by molar-refractivity contribution is 9.09. The van der Waals surface area contributed by atoms with Gasteiger partial charge in [0.15, 0.2) is 0 Å². The van der Waals surface area contributed by atoms with Crippen molar-refractivity contribution in [1.29, 1.82) is 0 Å². The molecular formula is C44H59BrN4O7. The summed E-state index contributed by atoms with van der Waals surface area (Å²) < 4.78 is 13.3. The molecule has 2 aromatic carbocycles. The maximum atomic E-state index is 15.2. The highest BCUT2D eigenvalue weighted by Gasteiger charge is 2.77.